The molecule has 0 fully saturated rings. The van der Waals surface area contributed by atoms with Gasteiger partial charge in [0.1, 0.15) is 6.33 Å². The smallest absolute Gasteiger partial charge is 0.143 e. The molecule has 5 heteroatoms. The van der Waals surface area contributed by atoms with Gasteiger partial charge in [-0.2, -0.15) is 0 Å². The minimum absolute atomic E-state index is 0.653. The van der Waals surface area contributed by atoms with E-state index in [1.807, 2.05) is 32.0 Å². The Morgan fingerprint density at radius 2 is 2.29 bits per heavy atom. The molecule has 0 bridgehead atoms. The molecule has 0 saturated heterocycles. The van der Waals surface area contributed by atoms with Gasteiger partial charge in [0, 0.05) is 5.69 Å². The molecule has 1 heterocycles. The van der Waals surface area contributed by atoms with Crippen LogP contribution in [0.3, 0.4) is 0 Å². The van der Waals surface area contributed by atoms with Crippen LogP contribution in [0, 0.1) is 18.8 Å². The van der Waals surface area contributed by atoms with Crippen LogP contribution in [0.4, 0.5) is 5.69 Å². The number of rotatable bonds is 3. The summed E-state index contributed by atoms with van der Waals surface area (Å²) in [6, 6.07) is 6.02. The van der Waals surface area contributed by atoms with E-state index in [4.69, 9.17) is 0 Å². The predicted molar refractivity (Wildman–Crippen MR) is 65.8 cm³/mol. The van der Waals surface area contributed by atoms with Crippen LogP contribution in [0.5, 0.6) is 0 Å². The van der Waals surface area contributed by atoms with Crippen LogP contribution in [-0.4, -0.2) is 26.8 Å². The number of hydrogen-bond acceptors (Lipinski definition) is 4. The van der Waals surface area contributed by atoms with Gasteiger partial charge in [-0.1, -0.05) is 5.92 Å². The Kier molecular flexibility index (Phi) is 3.36. The van der Waals surface area contributed by atoms with Crippen LogP contribution < -0.4 is 5.32 Å². The number of anilines is 1. The van der Waals surface area contributed by atoms with E-state index in [1.165, 1.54) is 0 Å². The standard InChI is InChI=1S/C12H13N5/c1-3-4-7-13-11-5-6-12(10(2)8-11)17-9-14-15-16-17/h5-6,8-9,13H,7H2,1-2H3. The summed E-state index contributed by atoms with van der Waals surface area (Å²) in [7, 11) is 0. The number of tetrazole rings is 1. The maximum Gasteiger partial charge on any atom is 0.143 e. The largest absolute Gasteiger partial charge is 0.374 e. The highest BCUT2D eigenvalue weighted by Gasteiger charge is 2.02. The van der Waals surface area contributed by atoms with E-state index in [0.717, 1.165) is 16.9 Å². The van der Waals surface area contributed by atoms with Crippen molar-refractivity contribution in [3.8, 4) is 17.5 Å². The molecule has 0 aliphatic heterocycles. The molecule has 0 amide bonds. The van der Waals surface area contributed by atoms with Gasteiger partial charge in [-0.3, -0.25) is 0 Å². The van der Waals surface area contributed by atoms with Crippen LogP contribution in [0.1, 0.15) is 12.5 Å². The molecule has 0 unspecified atom stereocenters. The lowest BCUT2D eigenvalue weighted by atomic mass is 10.2. The van der Waals surface area contributed by atoms with Crippen molar-refractivity contribution in [3.05, 3.63) is 30.1 Å². The third-order valence-corrected chi connectivity index (χ3v) is 2.35. The molecule has 1 aromatic heterocycles. The molecule has 0 radical (unpaired) electrons. The average molecular weight is 227 g/mol. The summed E-state index contributed by atoms with van der Waals surface area (Å²) in [6.07, 6.45) is 1.58. The second-order valence-corrected chi connectivity index (χ2v) is 3.54. The van der Waals surface area contributed by atoms with Crippen LogP contribution >= 0.6 is 0 Å². The van der Waals surface area contributed by atoms with Crippen molar-refractivity contribution in [2.24, 2.45) is 0 Å². The molecule has 17 heavy (non-hydrogen) atoms. The topological polar surface area (TPSA) is 55.6 Å². The normalized spacial score (nSPS) is 9.53. The van der Waals surface area contributed by atoms with Crippen LogP contribution in [-0.2, 0) is 0 Å². The minimum Gasteiger partial charge on any atom is -0.374 e. The summed E-state index contributed by atoms with van der Waals surface area (Å²) < 4.78 is 1.64. The molecule has 0 atom stereocenters. The van der Waals surface area contributed by atoms with E-state index in [-0.39, 0.29) is 0 Å². The molecule has 86 valence electrons. The van der Waals surface area contributed by atoms with Gasteiger partial charge >= 0.3 is 0 Å². The SMILES string of the molecule is CC#CCNc1ccc(-n2cnnn2)c(C)c1. The molecule has 2 rings (SSSR count). The van der Waals surface area contributed by atoms with E-state index in [0.29, 0.717) is 6.54 Å². The molecular weight excluding hydrogens is 214 g/mol. The van der Waals surface area contributed by atoms with Gasteiger partial charge in [0.15, 0.2) is 0 Å². The van der Waals surface area contributed by atoms with Gasteiger partial charge in [0.25, 0.3) is 0 Å². The van der Waals surface area contributed by atoms with Gasteiger partial charge in [-0.15, -0.1) is 11.0 Å². The van der Waals surface area contributed by atoms with Crippen molar-refractivity contribution in [2.45, 2.75) is 13.8 Å². The Morgan fingerprint density at radius 1 is 1.41 bits per heavy atom. The summed E-state index contributed by atoms with van der Waals surface area (Å²) >= 11 is 0. The second kappa shape index (κ2) is 5.12. The zero-order valence-corrected chi connectivity index (χ0v) is 9.81. The van der Waals surface area contributed by atoms with Gasteiger partial charge in [0.2, 0.25) is 0 Å². The highest BCUT2D eigenvalue weighted by atomic mass is 15.5. The third kappa shape index (κ3) is 2.61. The Bertz CT molecular complexity index is 548. The Morgan fingerprint density at radius 3 is 2.94 bits per heavy atom. The molecule has 2 aromatic rings. The fraction of sp³-hybridized carbons (Fsp3) is 0.250. The maximum atomic E-state index is 3.87. The quantitative estimate of drug-likeness (QED) is 0.805. The van der Waals surface area contributed by atoms with Crippen molar-refractivity contribution in [1.29, 1.82) is 0 Å². The highest BCUT2D eigenvalue weighted by Crippen LogP contribution is 2.17. The summed E-state index contributed by atoms with van der Waals surface area (Å²) in [5, 5.41) is 14.3. The molecule has 0 aliphatic carbocycles. The Labute approximate surface area is 99.8 Å². The van der Waals surface area contributed by atoms with E-state index in [9.17, 15) is 0 Å². The van der Waals surface area contributed by atoms with Crippen molar-refractivity contribution in [3.63, 3.8) is 0 Å². The zero-order valence-electron chi connectivity index (χ0n) is 9.81. The number of hydrogen-bond donors (Lipinski definition) is 1. The summed E-state index contributed by atoms with van der Waals surface area (Å²) in [5.41, 5.74) is 3.12. The van der Waals surface area contributed by atoms with Crippen molar-refractivity contribution < 1.29 is 0 Å². The number of nitrogens with one attached hydrogen (secondary N) is 1. The third-order valence-electron chi connectivity index (χ3n) is 2.35. The maximum absolute atomic E-state index is 3.87. The first-order valence-electron chi connectivity index (χ1n) is 5.29. The fourth-order valence-corrected chi connectivity index (χ4v) is 1.53. The van der Waals surface area contributed by atoms with Gasteiger partial charge in [0.05, 0.1) is 12.2 Å². The van der Waals surface area contributed by atoms with E-state index < -0.39 is 0 Å². The number of nitrogens with zero attached hydrogens (tertiary/aromatic N) is 4. The molecule has 0 saturated carbocycles. The second-order valence-electron chi connectivity index (χ2n) is 3.54. The first-order valence-corrected chi connectivity index (χ1v) is 5.29. The first-order chi connectivity index (χ1) is 8.31. The monoisotopic (exact) mass is 227 g/mol. The molecule has 1 N–H and O–H groups in total. The number of aromatic nitrogens is 4. The molecular formula is C12H13N5. The van der Waals surface area contributed by atoms with E-state index in [1.54, 1.807) is 11.0 Å². The van der Waals surface area contributed by atoms with Gasteiger partial charge in [-0.05, 0) is 48.0 Å². The Hall–Kier alpha value is -2.35. The number of aryl methyl sites for hydroxylation is 1. The van der Waals surface area contributed by atoms with Crippen molar-refractivity contribution >= 4 is 5.69 Å². The summed E-state index contributed by atoms with van der Waals surface area (Å²) in [5.74, 6) is 5.80. The lowest BCUT2D eigenvalue weighted by Crippen LogP contribution is -2.02. The predicted octanol–water partition coefficient (Wildman–Crippen LogP) is 1.41. The zero-order chi connectivity index (χ0) is 12.1. The Balaban J connectivity index is 2.19. The molecule has 0 aliphatic rings. The fourth-order valence-electron chi connectivity index (χ4n) is 1.53. The van der Waals surface area contributed by atoms with E-state index >= 15 is 0 Å². The summed E-state index contributed by atoms with van der Waals surface area (Å²) in [4.78, 5) is 0. The van der Waals surface area contributed by atoms with Crippen molar-refractivity contribution in [1.82, 2.24) is 20.2 Å². The van der Waals surface area contributed by atoms with Gasteiger partial charge < -0.3 is 5.32 Å². The van der Waals surface area contributed by atoms with Crippen LogP contribution in [0.2, 0.25) is 0 Å². The molecule has 5 nitrogen and oxygen atoms in total. The average Bonchev–Trinajstić information content (AvgIpc) is 2.83. The first kappa shape index (κ1) is 11.1. The van der Waals surface area contributed by atoms with Crippen LogP contribution in [0.15, 0.2) is 24.5 Å². The van der Waals surface area contributed by atoms with E-state index in [2.05, 4.69) is 32.7 Å². The number of benzene rings is 1. The summed E-state index contributed by atoms with van der Waals surface area (Å²) in [6.45, 7) is 4.50. The lowest BCUT2D eigenvalue weighted by Gasteiger charge is -2.08. The van der Waals surface area contributed by atoms with Gasteiger partial charge in [-0.25, -0.2) is 4.68 Å². The molecule has 0 spiro atoms. The molecule has 1 aromatic carbocycles. The highest BCUT2D eigenvalue weighted by molar-refractivity contribution is 5.53. The van der Waals surface area contributed by atoms with Crippen molar-refractivity contribution in [2.75, 3.05) is 11.9 Å². The minimum atomic E-state index is 0.653. The van der Waals surface area contributed by atoms with Crippen LogP contribution in [0.25, 0.3) is 5.69 Å². The lowest BCUT2D eigenvalue weighted by molar-refractivity contribution is 0.785.